The van der Waals surface area contributed by atoms with Gasteiger partial charge in [-0.25, -0.2) is 0 Å². The molecule has 3 N–H and O–H groups in total. The average Bonchev–Trinajstić information content (AvgIpc) is 2.90. The van der Waals surface area contributed by atoms with Gasteiger partial charge in [0.1, 0.15) is 5.75 Å². The van der Waals surface area contributed by atoms with Crippen LogP contribution in [0.4, 0.5) is 13.2 Å². The number of hydrogen-bond acceptors (Lipinski definition) is 3. The lowest BCUT2D eigenvalue weighted by Gasteiger charge is -2.16. The lowest BCUT2D eigenvalue weighted by Crippen LogP contribution is -2.30. The molecular weight excluding hydrogens is 297 g/mol. The van der Waals surface area contributed by atoms with E-state index in [-0.39, 0.29) is 35.7 Å². The summed E-state index contributed by atoms with van der Waals surface area (Å²) in [6.45, 7) is -0.163. The Hall–Kier alpha value is -1.76. The Bertz CT molecular complexity index is 546. The monoisotopic (exact) mass is 316 g/mol. The first kappa shape index (κ1) is 16.6. The van der Waals surface area contributed by atoms with Crippen LogP contribution in [0, 0.1) is 5.92 Å². The lowest BCUT2D eigenvalue weighted by atomic mass is 10.0. The van der Waals surface area contributed by atoms with Crippen molar-refractivity contribution in [1.82, 2.24) is 5.32 Å². The van der Waals surface area contributed by atoms with Gasteiger partial charge in [-0.1, -0.05) is 6.07 Å². The first-order chi connectivity index (χ1) is 10.3. The Labute approximate surface area is 126 Å². The van der Waals surface area contributed by atoms with Crippen molar-refractivity contribution >= 4 is 5.91 Å². The zero-order valence-corrected chi connectivity index (χ0v) is 12.2. The van der Waals surface area contributed by atoms with Crippen molar-refractivity contribution in [2.45, 2.75) is 38.0 Å². The minimum atomic E-state index is -4.50. The Morgan fingerprint density at radius 1 is 1.41 bits per heavy atom. The Morgan fingerprint density at radius 2 is 2.14 bits per heavy atom. The van der Waals surface area contributed by atoms with E-state index in [1.165, 1.54) is 19.2 Å². The molecule has 4 nitrogen and oxygen atoms in total. The Balaban J connectivity index is 2.07. The molecule has 0 radical (unpaired) electrons. The summed E-state index contributed by atoms with van der Waals surface area (Å²) in [6.07, 6.45) is -2.46. The van der Waals surface area contributed by atoms with Crippen molar-refractivity contribution in [3.8, 4) is 5.75 Å². The third-order valence-electron chi connectivity index (χ3n) is 3.92. The Kier molecular flexibility index (Phi) is 4.95. The smallest absolute Gasteiger partial charge is 0.416 e. The summed E-state index contributed by atoms with van der Waals surface area (Å²) in [4.78, 5) is 12.0. The molecule has 22 heavy (non-hydrogen) atoms. The second-order valence-electron chi connectivity index (χ2n) is 5.51. The summed E-state index contributed by atoms with van der Waals surface area (Å²) in [7, 11) is 1.31. The van der Waals surface area contributed by atoms with Gasteiger partial charge in [-0.2, -0.15) is 13.2 Å². The maximum atomic E-state index is 13.1. The zero-order chi connectivity index (χ0) is 16.3. The summed E-state index contributed by atoms with van der Waals surface area (Å²) >= 11 is 0. The minimum Gasteiger partial charge on any atom is -0.497 e. The summed E-state index contributed by atoms with van der Waals surface area (Å²) in [5.41, 5.74) is 4.96. The number of methoxy groups -OCH3 is 1. The minimum absolute atomic E-state index is 0.00229. The highest BCUT2D eigenvalue weighted by molar-refractivity contribution is 5.79. The van der Waals surface area contributed by atoms with Gasteiger partial charge in [-0.3, -0.25) is 4.79 Å². The molecule has 1 aliphatic carbocycles. The van der Waals surface area contributed by atoms with Gasteiger partial charge in [0.25, 0.3) is 0 Å². The SMILES string of the molecule is COc1ccc(CNC(=O)C2CCC(N)C2)c(C(F)(F)F)c1. The Morgan fingerprint density at radius 3 is 2.68 bits per heavy atom. The molecule has 0 spiro atoms. The molecule has 2 unspecified atom stereocenters. The van der Waals surface area contributed by atoms with E-state index >= 15 is 0 Å². The number of nitrogens with two attached hydrogens (primary N) is 1. The van der Waals surface area contributed by atoms with Gasteiger partial charge in [0.05, 0.1) is 12.7 Å². The van der Waals surface area contributed by atoms with Crippen LogP contribution in [-0.4, -0.2) is 19.1 Å². The van der Waals surface area contributed by atoms with E-state index in [9.17, 15) is 18.0 Å². The van der Waals surface area contributed by atoms with Gasteiger partial charge >= 0.3 is 6.18 Å². The van der Waals surface area contributed by atoms with Crippen molar-refractivity contribution < 1.29 is 22.7 Å². The van der Waals surface area contributed by atoms with E-state index in [1.54, 1.807) is 0 Å². The standard InChI is InChI=1S/C15H19F3N2O2/c1-22-12-5-3-10(13(7-12)15(16,17)18)8-20-14(21)9-2-4-11(19)6-9/h3,5,7,9,11H,2,4,6,8,19H2,1H3,(H,20,21). The van der Waals surface area contributed by atoms with Gasteiger partial charge in [-0.05, 0) is 37.0 Å². The maximum Gasteiger partial charge on any atom is 0.416 e. The highest BCUT2D eigenvalue weighted by Gasteiger charge is 2.34. The van der Waals surface area contributed by atoms with Crippen LogP contribution in [0.3, 0.4) is 0 Å². The molecule has 0 bridgehead atoms. The van der Waals surface area contributed by atoms with Crippen molar-refractivity contribution in [2.75, 3.05) is 7.11 Å². The van der Waals surface area contributed by atoms with E-state index in [0.29, 0.717) is 12.8 Å². The van der Waals surface area contributed by atoms with Crippen LogP contribution in [0.2, 0.25) is 0 Å². The van der Waals surface area contributed by atoms with Crippen LogP contribution in [0.1, 0.15) is 30.4 Å². The van der Waals surface area contributed by atoms with Crippen molar-refractivity contribution in [3.05, 3.63) is 29.3 Å². The van der Waals surface area contributed by atoms with Crippen molar-refractivity contribution in [2.24, 2.45) is 11.7 Å². The number of halogens is 3. The normalized spacial score (nSPS) is 21.7. The van der Waals surface area contributed by atoms with E-state index in [4.69, 9.17) is 10.5 Å². The number of benzene rings is 1. The van der Waals surface area contributed by atoms with Crippen molar-refractivity contribution in [1.29, 1.82) is 0 Å². The fourth-order valence-corrected chi connectivity index (χ4v) is 2.68. The fourth-order valence-electron chi connectivity index (χ4n) is 2.68. The summed E-state index contributed by atoms with van der Waals surface area (Å²) in [5, 5.41) is 2.58. The fraction of sp³-hybridized carbons (Fsp3) is 0.533. The van der Waals surface area contributed by atoms with Crippen LogP contribution in [-0.2, 0) is 17.5 Å². The molecule has 122 valence electrons. The van der Waals surface area contributed by atoms with Crippen molar-refractivity contribution in [3.63, 3.8) is 0 Å². The topological polar surface area (TPSA) is 64.3 Å². The van der Waals surface area contributed by atoms with E-state index in [0.717, 1.165) is 12.5 Å². The molecule has 1 aromatic carbocycles. The highest BCUT2D eigenvalue weighted by atomic mass is 19.4. The molecule has 2 atom stereocenters. The molecule has 0 saturated heterocycles. The number of carbonyl (C=O) groups is 1. The molecule has 1 fully saturated rings. The molecule has 2 rings (SSSR count). The molecule has 1 aromatic rings. The molecule has 0 aromatic heterocycles. The third kappa shape index (κ3) is 3.91. The highest BCUT2D eigenvalue weighted by Crippen LogP contribution is 2.34. The van der Waals surface area contributed by atoms with Gasteiger partial charge in [0.2, 0.25) is 5.91 Å². The molecule has 0 heterocycles. The largest absolute Gasteiger partial charge is 0.497 e. The molecule has 1 saturated carbocycles. The van der Waals surface area contributed by atoms with E-state index in [2.05, 4.69) is 5.32 Å². The first-order valence-electron chi connectivity index (χ1n) is 7.08. The van der Waals surface area contributed by atoms with Crippen LogP contribution >= 0.6 is 0 Å². The van der Waals surface area contributed by atoms with Crippen LogP contribution in [0.25, 0.3) is 0 Å². The van der Waals surface area contributed by atoms with E-state index < -0.39 is 11.7 Å². The summed E-state index contributed by atoms with van der Waals surface area (Å²) in [6, 6.07) is 3.71. The molecular formula is C15H19F3N2O2. The number of amides is 1. The molecule has 7 heteroatoms. The lowest BCUT2D eigenvalue weighted by molar-refractivity contribution is -0.138. The quantitative estimate of drug-likeness (QED) is 0.897. The van der Waals surface area contributed by atoms with Gasteiger partial charge in [0.15, 0.2) is 0 Å². The maximum absolute atomic E-state index is 13.1. The first-order valence-corrected chi connectivity index (χ1v) is 7.08. The van der Waals surface area contributed by atoms with Gasteiger partial charge in [-0.15, -0.1) is 0 Å². The number of alkyl halides is 3. The number of hydrogen-bond donors (Lipinski definition) is 2. The number of carbonyl (C=O) groups excluding carboxylic acids is 1. The summed E-state index contributed by atoms with van der Waals surface area (Å²) < 4.78 is 44.0. The number of nitrogens with one attached hydrogen (secondary N) is 1. The molecule has 1 amide bonds. The number of ether oxygens (including phenoxy) is 1. The molecule has 0 aliphatic heterocycles. The summed E-state index contributed by atoms with van der Waals surface area (Å²) in [5.74, 6) is -0.316. The van der Waals surface area contributed by atoms with E-state index in [1.807, 2.05) is 0 Å². The second-order valence-corrected chi connectivity index (χ2v) is 5.51. The predicted molar refractivity (Wildman–Crippen MR) is 75.2 cm³/mol. The zero-order valence-electron chi connectivity index (χ0n) is 12.2. The molecule has 1 aliphatic rings. The van der Waals surface area contributed by atoms with Crippen LogP contribution in [0.15, 0.2) is 18.2 Å². The predicted octanol–water partition coefficient (Wildman–Crippen LogP) is 2.46. The average molecular weight is 316 g/mol. The van der Waals surface area contributed by atoms with Crippen LogP contribution < -0.4 is 15.8 Å². The third-order valence-corrected chi connectivity index (χ3v) is 3.92. The van der Waals surface area contributed by atoms with Crippen LogP contribution in [0.5, 0.6) is 5.75 Å². The second kappa shape index (κ2) is 6.56. The van der Waals surface area contributed by atoms with Gasteiger partial charge in [0, 0.05) is 18.5 Å². The van der Waals surface area contributed by atoms with Gasteiger partial charge < -0.3 is 15.8 Å². The number of rotatable bonds is 4.